The summed E-state index contributed by atoms with van der Waals surface area (Å²) in [4.78, 5) is 32.5. The Balaban J connectivity index is 1.34. The van der Waals surface area contributed by atoms with Gasteiger partial charge >= 0.3 is 0 Å². The lowest BCUT2D eigenvalue weighted by Gasteiger charge is -2.35. The molecule has 4 heterocycles. The van der Waals surface area contributed by atoms with Gasteiger partial charge in [0.2, 0.25) is 0 Å². The molecule has 0 saturated carbocycles. The minimum Gasteiger partial charge on any atom is -0.372 e. The van der Waals surface area contributed by atoms with Crippen LogP contribution in [0.2, 0.25) is 0 Å². The normalized spacial score (nSPS) is 17.7. The van der Waals surface area contributed by atoms with Crippen molar-refractivity contribution in [3.8, 4) is 11.4 Å². The maximum Gasteiger partial charge on any atom is 0.265 e. The van der Waals surface area contributed by atoms with Crippen molar-refractivity contribution < 1.29 is 26.7 Å². The highest BCUT2D eigenvalue weighted by Gasteiger charge is 2.24. The van der Waals surface area contributed by atoms with Crippen LogP contribution in [0.5, 0.6) is 0 Å². The number of amides is 1. The van der Waals surface area contributed by atoms with Crippen molar-refractivity contribution in [2.45, 2.75) is 43.9 Å². The molecule has 0 spiro atoms. The molecular weight excluding hydrogens is 554 g/mol. The second-order valence-electron chi connectivity index (χ2n) is 10.00. The standard InChI is InChI=1S/C28H28F2N6O4S/c1-16-14-36(15-17(2)40-16)26-13-31-12-24(35-26)22-7-5-19-10-32-20(9-23(19)34-22)11-33-28(37)18-4-6-21(27(29)30)25(8-18)41(3,38)39/h4-10,12-13,16-17,27H,11,14-15H2,1-3H3,(H,33,37)/t16-,17+. The van der Waals surface area contributed by atoms with E-state index >= 15 is 0 Å². The number of ether oxygens (including phenoxy) is 1. The fourth-order valence-electron chi connectivity index (χ4n) is 4.74. The summed E-state index contributed by atoms with van der Waals surface area (Å²) in [5.41, 5.74) is 1.65. The summed E-state index contributed by atoms with van der Waals surface area (Å²) in [6, 6.07) is 8.52. The number of hydrogen-bond donors (Lipinski definition) is 1. The number of alkyl halides is 2. The quantitative estimate of drug-likeness (QED) is 0.344. The van der Waals surface area contributed by atoms with E-state index in [1.807, 2.05) is 26.0 Å². The van der Waals surface area contributed by atoms with Crippen LogP contribution < -0.4 is 10.2 Å². The molecule has 0 unspecified atom stereocenters. The van der Waals surface area contributed by atoms with Gasteiger partial charge in [-0.15, -0.1) is 0 Å². The minimum atomic E-state index is -3.97. The molecule has 1 saturated heterocycles. The van der Waals surface area contributed by atoms with Crippen molar-refractivity contribution >= 4 is 32.5 Å². The number of nitrogens with one attached hydrogen (secondary N) is 1. The zero-order valence-electron chi connectivity index (χ0n) is 22.6. The molecule has 1 N–H and O–H groups in total. The Morgan fingerprint density at radius 2 is 1.80 bits per heavy atom. The van der Waals surface area contributed by atoms with E-state index < -0.39 is 32.6 Å². The molecule has 1 aromatic carbocycles. The van der Waals surface area contributed by atoms with Gasteiger partial charge in [0.15, 0.2) is 9.84 Å². The van der Waals surface area contributed by atoms with Crippen LogP contribution in [0.15, 0.2) is 59.9 Å². The topological polar surface area (TPSA) is 127 Å². The Hall–Kier alpha value is -4.10. The highest BCUT2D eigenvalue weighted by molar-refractivity contribution is 7.90. The minimum absolute atomic E-state index is 0.00811. The number of hydrogen-bond acceptors (Lipinski definition) is 9. The van der Waals surface area contributed by atoms with Crippen molar-refractivity contribution in [3.05, 3.63) is 71.8 Å². The van der Waals surface area contributed by atoms with Gasteiger partial charge in [0, 0.05) is 42.1 Å². The zero-order valence-corrected chi connectivity index (χ0v) is 23.4. The smallest absolute Gasteiger partial charge is 0.265 e. The fraction of sp³-hybridized carbons (Fsp3) is 0.321. The Kier molecular flexibility index (Phi) is 7.91. The number of rotatable bonds is 7. The number of sulfone groups is 1. The average Bonchev–Trinajstić information content (AvgIpc) is 2.94. The van der Waals surface area contributed by atoms with Gasteiger partial charge in [0.05, 0.1) is 52.9 Å². The molecule has 2 atom stereocenters. The molecule has 10 nitrogen and oxygen atoms in total. The number of benzene rings is 1. The molecule has 0 radical (unpaired) electrons. The van der Waals surface area contributed by atoms with Gasteiger partial charge < -0.3 is 15.0 Å². The van der Waals surface area contributed by atoms with Crippen molar-refractivity contribution in [2.24, 2.45) is 0 Å². The van der Waals surface area contributed by atoms with Crippen LogP contribution in [0.3, 0.4) is 0 Å². The highest BCUT2D eigenvalue weighted by atomic mass is 32.2. The van der Waals surface area contributed by atoms with Gasteiger partial charge in [-0.25, -0.2) is 27.2 Å². The zero-order chi connectivity index (χ0) is 29.3. The van der Waals surface area contributed by atoms with E-state index in [9.17, 15) is 22.0 Å². The summed E-state index contributed by atoms with van der Waals surface area (Å²) in [7, 11) is -3.97. The van der Waals surface area contributed by atoms with Gasteiger partial charge in [-0.1, -0.05) is 6.07 Å². The van der Waals surface area contributed by atoms with Crippen molar-refractivity contribution in [1.82, 2.24) is 25.3 Å². The molecular formula is C28H28F2N6O4S. The molecule has 4 aromatic rings. The number of aromatic nitrogens is 4. The summed E-state index contributed by atoms with van der Waals surface area (Å²) >= 11 is 0. The largest absolute Gasteiger partial charge is 0.372 e. The van der Waals surface area contributed by atoms with Crippen LogP contribution in [0.1, 0.15) is 41.9 Å². The van der Waals surface area contributed by atoms with Crippen LogP contribution in [-0.4, -0.2) is 65.8 Å². The first kappa shape index (κ1) is 28.4. The molecule has 3 aromatic heterocycles. The number of nitrogens with zero attached hydrogens (tertiary/aromatic N) is 5. The van der Waals surface area contributed by atoms with Gasteiger partial charge in [-0.2, -0.15) is 0 Å². The maximum atomic E-state index is 13.3. The van der Waals surface area contributed by atoms with E-state index in [1.54, 1.807) is 24.7 Å². The lowest BCUT2D eigenvalue weighted by atomic mass is 10.1. The molecule has 1 aliphatic heterocycles. The Bertz CT molecular complexity index is 1710. The number of halogens is 2. The third-order valence-electron chi connectivity index (χ3n) is 6.60. The first-order valence-electron chi connectivity index (χ1n) is 12.9. The molecule has 13 heteroatoms. The second kappa shape index (κ2) is 11.4. The van der Waals surface area contributed by atoms with Gasteiger partial charge in [0.25, 0.3) is 12.3 Å². The SMILES string of the molecule is C[C@@H]1CN(c2cncc(-c3ccc4cnc(CNC(=O)c5ccc(C(F)F)c(S(C)(=O)=O)c5)cc4n3)n2)C[C@H](C)O1. The third-order valence-corrected chi connectivity index (χ3v) is 7.75. The molecule has 1 amide bonds. The molecule has 1 fully saturated rings. The summed E-state index contributed by atoms with van der Waals surface area (Å²) < 4.78 is 56.3. The number of anilines is 1. The van der Waals surface area contributed by atoms with Crippen LogP contribution in [0, 0.1) is 0 Å². The first-order chi connectivity index (χ1) is 19.5. The van der Waals surface area contributed by atoms with Crippen LogP contribution >= 0.6 is 0 Å². The number of fused-ring (bicyclic) bond motifs is 1. The predicted octanol–water partition coefficient (Wildman–Crippen LogP) is 3.97. The van der Waals surface area contributed by atoms with E-state index in [1.165, 1.54) is 6.07 Å². The molecule has 0 aliphatic carbocycles. The number of pyridine rings is 2. The molecule has 1 aliphatic rings. The maximum absolute atomic E-state index is 13.3. The van der Waals surface area contributed by atoms with Crippen LogP contribution in [0.25, 0.3) is 22.3 Å². The summed E-state index contributed by atoms with van der Waals surface area (Å²) in [6.07, 6.45) is 2.99. The summed E-state index contributed by atoms with van der Waals surface area (Å²) in [5.74, 6) is 0.114. The first-order valence-corrected chi connectivity index (χ1v) is 14.8. The Morgan fingerprint density at radius 3 is 2.51 bits per heavy atom. The molecule has 41 heavy (non-hydrogen) atoms. The molecule has 214 valence electrons. The number of carbonyl (C=O) groups excluding carboxylic acids is 1. The van der Waals surface area contributed by atoms with Gasteiger partial charge in [-0.3, -0.25) is 14.8 Å². The lowest BCUT2D eigenvalue weighted by Crippen LogP contribution is -2.45. The third kappa shape index (κ3) is 6.46. The number of morpholine rings is 1. The van der Waals surface area contributed by atoms with E-state index in [2.05, 4.69) is 20.2 Å². The number of carbonyl (C=O) groups is 1. The van der Waals surface area contributed by atoms with Gasteiger partial charge in [-0.05, 0) is 44.2 Å². The lowest BCUT2D eigenvalue weighted by molar-refractivity contribution is -0.00547. The van der Waals surface area contributed by atoms with Crippen molar-refractivity contribution in [1.29, 1.82) is 0 Å². The fourth-order valence-corrected chi connectivity index (χ4v) is 5.67. The summed E-state index contributed by atoms with van der Waals surface area (Å²) in [5, 5.41) is 3.44. The Morgan fingerprint density at radius 1 is 1.05 bits per heavy atom. The van der Waals surface area contributed by atoms with Crippen LogP contribution in [-0.2, 0) is 21.1 Å². The van der Waals surface area contributed by atoms with Crippen molar-refractivity contribution in [2.75, 3.05) is 24.2 Å². The van der Waals surface area contributed by atoms with Crippen molar-refractivity contribution in [3.63, 3.8) is 0 Å². The van der Waals surface area contributed by atoms with Crippen LogP contribution in [0.4, 0.5) is 14.6 Å². The van der Waals surface area contributed by atoms with E-state index in [0.717, 1.165) is 29.6 Å². The van der Waals surface area contributed by atoms with E-state index in [-0.39, 0.29) is 24.3 Å². The predicted molar refractivity (Wildman–Crippen MR) is 148 cm³/mol. The van der Waals surface area contributed by atoms with Gasteiger partial charge in [0.1, 0.15) is 11.5 Å². The highest BCUT2D eigenvalue weighted by Crippen LogP contribution is 2.28. The van der Waals surface area contributed by atoms with E-state index in [0.29, 0.717) is 35.7 Å². The van der Waals surface area contributed by atoms with E-state index in [4.69, 9.17) is 14.7 Å². The Labute approximate surface area is 235 Å². The second-order valence-corrected chi connectivity index (χ2v) is 12.0. The molecule has 5 rings (SSSR count). The molecule has 0 bridgehead atoms. The summed E-state index contributed by atoms with van der Waals surface area (Å²) in [6.45, 7) is 5.47. The average molecular weight is 583 g/mol. The monoisotopic (exact) mass is 582 g/mol.